The number of hydrogen-bond donors (Lipinski definition) is 0. The van der Waals surface area contributed by atoms with Crippen molar-refractivity contribution >= 4 is 57.0 Å². The SMILES string of the molecule is CCCCCCCCCCC(CCCCCCCCCC)CCCN1C(=O)C2=C(C(=O)N(CCCC(CCCCCCCCCC)CCCCCCCCCC)/C2=c2\ccc(=C(C#N)C#N)s2)/C1=c1/ccc(=C(C#N)C#N)s1. The van der Waals surface area contributed by atoms with Crippen LogP contribution in [0.3, 0.4) is 0 Å². The summed E-state index contributed by atoms with van der Waals surface area (Å²) in [6.07, 6.45) is 50.0. The maximum Gasteiger partial charge on any atom is 0.261 e. The summed E-state index contributed by atoms with van der Waals surface area (Å²) >= 11 is 2.59. The molecule has 2 aromatic rings. The third kappa shape index (κ3) is 22.6. The maximum absolute atomic E-state index is 15.4. The second kappa shape index (κ2) is 40.7. The van der Waals surface area contributed by atoms with Gasteiger partial charge in [-0.05, 0) is 61.8 Å². The van der Waals surface area contributed by atoms with Gasteiger partial charge in [0.1, 0.15) is 35.4 Å². The first kappa shape index (κ1) is 66.0. The fraction of sp³-hybridized carbons (Fsp3) is 0.706. The van der Waals surface area contributed by atoms with Crippen LogP contribution in [0.5, 0.6) is 0 Å². The Kier molecular flexibility index (Phi) is 34.4. The van der Waals surface area contributed by atoms with E-state index in [4.69, 9.17) is 0 Å². The summed E-state index contributed by atoms with van der Waals surface area (Å²) in [6.45, 7) is 10.0. The van der Waals surface area contributed by atoms with Gasteiger partial charge in [0.2, 0.25) is 0 Å². The first-order valence-electron chi connectivity index (χ1n) is 32.0. The summed E-state index contributed by atoms with van der Waals surface area (Å²) in [5.74, 6) is 0.755. The van der Waals surface area contributed by atoms with Gasteiger partial charge < -0.3 is 9.80 Å². The van der Waals surface area contributed by atoms with Gasteiger partial charge in [-0.15, -0.1) is 22.7 Å². The van der Waals surface area contributed by atoms with E-state index in [2.05, 4.69) is 27.7 Å². The standard InChI is InChI=1S/C68H102N6O2S2/c1-5-9-13-17-21-25-29-33-39-55(40-34-30-26-22-18-14-10-6-2)43-37-49-73-65(61-47-45-59(77-61)57(51-69)52-70)63-64(67(73)75)66(62-48-46-60(78-62)58(53-71)54-72)74(68(63)76)50-38-44-56(41-35-31-27-23-19-15-11-7-3)42-36-32-28-24-20-16-12-8-4/h45-48,55-56H,5-44,49-50H2,1-4H3/b65-61+,66-62+. The largest absolute Gasteiger partial charge is 0.306 e. The van der Waals surface area contributed by atoms with Crippen LogP contribution in [0.4, 0.5) is 0 Å². The lowest BCUT2D eigenvalue weighted by Crippen LogP contribution is -2.37. The second-order valence-electron chi connectivity index (χ2n) is 23.0. The summed E-state index contributed by atoms with van der Waals surface area (Å²) in [4.78, 5) is 34.5. The third-order valence-corrected chi connectivity index (χ3v) is 18.9. The molecule has 2 aliphatic rings. The molecule has 0 radical (unpaired) electrons. The van der Waals surface area contributed by atoms with E-state index in [1.165, 1.54) is 254 Å². The fourth-order valence-electron chi connectivity index (χ4n) is 12.0. The van der Waals surface area contributed by atoms with Crippen LogP contribution in [0.1, 0.15) is 285 Å². The lowest BCUT2D eigenvalue weighted by molar-refractivity contribution is -0.123. The monoisotopic (exact) mass is 1100 g/mol. The number of unbranched alkanes of at least 4 members (excludes halogenated alkanes) is 28. The quantitative estimate of drug-likeness (QED) is 0.0606. The fourth-order valence-corrected chi connectivity index (χ4v) is 14.0. The molecule has 4 heterocycles. The highest BCUT2D eigenvalue weighted by Gasteiger charge is 2.49. The number of carbonyl (C=O) groups is 2. The minimum absolute atomic E-state index is 0.00923. The molecule has 0 spiro atoms. The predicted octanol–water partition coefficient (Wildman–Crippen LogP) is 17.0. The molecule has 10 heteroatoms. The molecule has 0 fully saturated rings. The van der Waals surface area contributed by atoms with Gasteiger partial charge in [0.15, 0.2) is 0 Å². The second-order valence-corrected chi connectivity index (χ2v) is 25.1. The molecule has 0 saturated heterocycles. The van der Waals surface area contributed by atoms with Crippen LogP contribution in [0.2, 0.25) is 0 Å². The van der Waals surface area contributed by atoms with E-state index in [1.54, 1.807) is 12.1 Å². The molecule has 0 saturated carbocycles. The summed E-state index contributed by atoms with van der Waals surface area (Å²) in [7, 11) is 0. The first-order chi connectivity index (χ1) is 38.3. The van der Waals surface area contributed by atoms with Crippen molar-refractivity contribution in [2.45, 2.75) is 285 Å². The van der Waals surface area contributed by atoms with Crippen molar-refractivity contribution in [2.75, 3.05) is 13.1 Å². The molecule has 0 atom stereocenters. The van der Waals surface area contributed by atoms with Gasteiger partial charge in [0.25, 0.3) is 11.8 Å². The molecule has 4 rings (SSSR count). The van der Waals surface area contributed by atoms with E-state index in [-0.39, 0.29) is 23.0 Å². The number of nitriles is 4. The summed E-state index contributed by atoms with van der Waals surface area (Å²) in [6, 6.07) is 15.5. The Bertz CT molecular complexity index is 2290. The zero-order valence-corrected chi connectivity index (χ0v) is 51.1. The number of rotatable bonds is 44. The van der Waals surface area contributed by atoms with E-state index < -0.39 is 0 Å². The smallest absolute Gasteiger partial charge is 0.261 e. The van der Waals surface area contributed by atoms with E-state index >= 15 is 9.59 Å². The molecular formula is C68H102N6O2S2. The zero-order chi connectivity index (χ0) is 56.0. The summed E-state index contributed by atoms with van der Waals surface area (Å²) in [5.41, 5.74) is 1.96. The highest BCUT2D eigenvalue weighted by Crippen LogP contribution is 2.43. The molecule has 2 aromatic heterocycles. The van der Waals surface area contributed by atoms with Crippen molar-refractivity contribution < 1.29 is 9.59 Å². The highest BCUT2D eigenvalue weighted by molar-refractivity contribution is 7.08. The van der Waals surface area contributed by atoms with Crippen molar-refractivity contribution in [3.8, 4) is 24.3 Å². The topological polar surface area (TPSA) is 136 Å². The summed E-state index contributed by atoms with van der Waals surface area (Å²) in [5, 5.41) is 39.6. The molecule has 0 N–H and O–H groups in total. The number of nitrogens with zero attached hydrogens (tertiary/aromatic N) is 6. The van der Waals surface area contributed by atoms with Crippen LogP contribution in [0.25, 0.3) is 22.5 Å². The Labute approximate surface area is 482 Å². The van der Waals surface area contributed by atoms with Gasteiger partial charge in [-0.3, -0.25) is 9.59 Å². The predicted molar refractivity (Wildman–Crippen MR) is 328 cm³/mol. The molecule has 0 bridgehead atoms. The Morgan fingerprint density at radius 2 is 0.615 bits per heavy atom. The van der Waals surface area contributed by atoms with Gasteiger partial charge in [-0.1, -0.05) is 259 Å². The van der Waals surface area contributed by atoms with Crippen LogP contribution in [-0.2, 0) is 9.59 Å². The Balaban J connectivity index is 1.64. The average molecular weight is 1100 g/mol. The van der Waals surface area contributed by atoms with Crippen molar-refractivity contribution in [3.05, 3.63) is 53.5 Å². The van der Waals surface area contributed by atoms with Crippen molar-refractivity contribution in [1.29, 1.82) is 21.0 Å². The van der Waals surface area contributed by atoms with E-state index in [9.17, 15) is 21.0 Å². The number of hydrogen-bond acceptors (Lipinski definition) is 8. The third-order valence-electron chi connectivity index (χ3n) is 16.7. The molecular weight excluding hydrogens is 997 g/mol. The minimum atomic E-state index is -0.199. The first-order valence-corrected chi connectivity index (χ1v) is 33.6. The Morgan fingerprint density at radius 3 is 0.872 bits per heavy atom. The average Bonchev–Trinajstić information content (AvgIpc) is 4.45. The normalized spacial score (nSPS) is 14.7. The molecule has 2 aliphatic heterocycles. The lowest BCUT2D eigenvalue weighted by atomic mass is 9.90. The van der Waals surface area contributed by atoms with E-state index in [0.717, 1.165) is 25.7 Å². The van der Waals surface area contributed by atoms with Crippen molar-refractivity contribution in [3.63, 3.8) is 0 Å². The van der Waals surface area contributed by atoms with Gasteiger partial charge in [0.05, 0.1) is 40.7 Å². The van der Waals surface area contributed by atoms with Gasteiger partial charge in [0, 0.05) is 13.1 Å². The van der Waals surface area contributed by atoms with Gasteiger partial charge >= 0.3 is 0 Å². The Hall–Kier alpha value is -4.48. The van der Waals surface area contributed by atoms with Crippen molar-refractivity contribution in [1.82, 2.24) is 9.80 Å². The lowest BCUT2D eigenvalue weighted by Gasteiger charge is -2.27. The molecule has 0 aromatic carbocycles. The Morgan fingerprint density at radius 1 is 0.372 bits per heavy atom. The molecule has 0 unspecified atom stereocenters. The molecule has 8 nitrogen and oxygen atoms in total. The maximum atomic E-state index is 15.4. The van der Waals surface area contributed by atoms with Crippen LogP contribution in [-0.4, -0.2) is 34.7 Å². The molecule has 0 aliphatic carbocycles. The van der Waals surface area contributed by atoms with Crippen molar-refractivity contribution in [2.24, 2.45) is 11.8 Å². The minimum Gasteiger partial charge on any atom is -0.306 e. The summed E-state index contributed by atoms with van der Waals surface area (Å²) < 4.78 is 2.43. The van der Waals surface area contributed by atoms with Gasteiger partial charge in [-0.2, -0.15) is 21.0 Å². The number of carbonyl (C=O) groups excluding carboxylic acids is 2. The van der Waals surface area contributed by atoms with E-state index in [1.807, 2.05) is 46.2 Å². The van der Waals surface area contributed by atoms with E-state index in [0.29, 0.717) is 65.6 Å². The van der Waals surface area contributed by atoms with Crippen LogP contribution < -0.4 is 18.1 Å². The molecule has 78 heavy (non-hydrogen) atoms. The van der Waals surface area contributed by atoms with Crippen LogP contribution in [0.15, 0.2) is 35.4 Å². The van der Waals surface area contributed by atoms with Crippen LogP contribution >= 0.6 is 22.7 Å². The molecule has 2 amide bonds. The number of thiophene rings is 2. The molecule has 428 valence electrons. The van der Waals surface area contributed by atoms with Crippen LogP contribution in [0, 0.1) is 57.2 Å². The highest BCUT2D eigenvalue weighted by atomic mass is 32.1. The zero-order valence-electron chi connectivity index (χ0n) is 49.5. The number of amides is 2. The van der Waals surface area contributed by atoms with Gasteiger partial charge in [-0.25, -0.2) is 0 Å².